The lowest BCUT2D eigenvalue weighted by atomic mass is 10.1. The normalized spacial score (nSPS) is 10.9. The fourth-order valence-electron chi connectivity index (χ4n) is 2.62. The summed E-state index contributed by atoms with van der Waals surface area (Å²) >= 11 is 11.8. The van der Waals surface area contributed by atoms with Crippen molar-refractivity contribution < 1.29 is 0 Å². The Morgan fingerprint density at radius 3 is 2.32 bits per heavy atom. The van der Waals surface area contributed by atoms with Crippen LogP contribution in [0.25, 0.3) is 0 Å². The molecular formula is C17H20Cl2N2O. The molecule has 0 bridgehead atoms. The number of hydrogen-bond acceptors (Lipinski definition) is 2. The molecule has 0 amide bonds. The number of nitrogens with zero attached hydrogens (tertiary/aromatic N) is 2. The first kappa shape index (κ1) is 17.0. The molecule has 2 rings (SSSR count). The van der Waals surface area contributed by atoms with E-state index in [1.54, 1.807) is 4.57 Å². The SMILES string of the molecule is CCc1nc(Cc2ccc(Cl)cc2)c(=O)n(CCCl)c1CC. The Hall–Kier alpha value is -1.32. The van der Waals surface area contributed by atoms with E-state index in [9.17, 15) is 4.79 Å². The third-order valence-corrected chi connectivity index (χ3v) is 4.10. The first-order chi connectivity index (χ1) is 10.6. The van der Waals surface area contributed by atoms with E-state index in [0.717, 1.165) is 29.8 Å². The first-order valence-corrected chi connectivity index (χ1v) is 8.43. The van der Waals surface area contributed by atoms with E-state index in [1.807, 2.05) is 31.2 Å². The fourth-order valence-corrected chi connectivity index (χ4v) is 2.91. The zero-order chi connectivity index (χ0) is 16.1. The maximum absolute atomic E-state index is 12.7. The van der Waals surface area contributed by atoms with E-state index in [2.05, 4.69) is 11.9 Å². The average molecular weight is 339 g/mol. The summed E-state index contributed by atoms with van der Waals surface area (Å²) in [6.45, 7) is 4.62. The van der Waals surface area contributed by atoms with Gasteiger partial charge in [-0.25, -0.2) is 4.98 Å². The number of benzene rings is 1. The summed E-state index contributed by atoms with van der Waals surface area (Å²) < 4.78 is 1.78. The lowest BCUT2D eigenvalue weighted by Gasteiger charge is -2.16. The van der Waals surface area contributed by atoms with Crippen molar-refractivity contribution in [3.63, 3.8) is 0 Å². The van der Waals surface area contributed by atoms with Crippen molar-refractivity contribution in [2.75, 3.05) is 5.88 Å². The van der Waals surface area contributed by atoms with Crippen molar-refractivity contribution in [1.82, 2.24) is 9.55 Å². The van der Waals surface area contributed by atoms with Crippen LogP contribution in [-0.2, 0) is 25.8 Å². The maximum Gasteiger partial charge on any atom is 0.272 e. The molecule has 1 aromatic heterocycles. The van der Waals surface area contributed by atoms with Gasteiger partial charge in [0, 0.05) is 29.6 Å². The van der Waals surface area contributed by atoms with Crippen LogP contribution in [0.15, 0.2) is 29.1 Å². The number of hydrogen-bond donors (Lipinski definition) is 0. The van der Waals surface area contributed by atoms with Crippen molar-refractivity contribution in [2.45, 2.75) is 39.7 Å². The van der Waals surface area contributed by atoms with Crippen LogP contribution < -0.4 is 5.56 Å². The van der Waals surface area contributed by atoms with Gasteiger partial charge in [-0.1, -0.05) is 37.6 Å². The molecular weight excluding hydrogens is 319 g/mol. The van der Waals surface area contributed by atoms with E-state index in [4.69, 9.17) is 23.2 Å². The summed E-state index contributed by atoms with van der Waals surface area (Å²) in [5.41, 5.74) is 3.54. The summed E-state index contributed by atoms with van der Waals surface area (Å²) in [5, 5.41) is 0.687. The molecule has 0 fully saturated rings. The van der Waals surface area contributed by atoms with Gasteiger partial charge < -0.3 is 4.57 Å². The third-order valence-electron chi connectivity index (χ3n) is 3.68. The predicted octanol–water partition coefficient (Wildman–Crippen LogP) is 3.85. The van der Waals surface area contributed by atoms with Crippen molar-refractivity contribution in [2.24, 2.45) is 0 Å². The minimum Gasteiger partial charge on any atom is -0.308 e. The van der Waals surface area contributed by atoms with Crippen LogP contribution in [0.1, 0.15) is 36.5 Å². The van der Waals surface area contributed by atoms with Gasteiger partial charge in [0.25, 0.3) is 5.56 Å². The highest BCUT2D eigenvalue weighted by Crippen LogP contribution is 2.13. The lowest BCUT2D eigenvalue weighted by molar-refractivity contribution is 0.646. The third kappa shape index (κ3) is 3.71. The minimum absolute atomic E-state index is 0.0374. The van der Waals surface area contributed by atoms with E-state index in [1.165, 1.54) is 0 Å². The summed E-state index contributed by atoms with van der Waals surface area (Å²) in [5.74, 6) is 0.417. The van der Waals surface area contributed by atoms with Crippen molar-refractivity contribution in [3.8, 4) is 0 Å². The highest BCUT2D eigenvalue weighted by molar-refractivity contribution is 6.30. The quantitative estimate of drug-likeness (QED) is 0.749. The Balaban J connectivity index is 2.49. The van der Waals surface area contributed by atoms with Gasteiger partial charge in [-0.3, -0.25) is 4.79 Å². The Labute approximate surface area is 140 Å². The van der Waals surface area contributed by atoms with Crippen LogP contribution in [-0.4, -0.2) is 15.4 Å². The molecule has 0 radical (unpaired) electrons. The molecule has 1 aromatic carbocycles. The first-order valence-electron chi connectivity index (χ1n) is 7.52. The molecule has 3 nitrogen and oxygen atoms in total. The van der Waals surface area contributed by atoms with E-state index < -0.39 is 0 Å². The zero-order valence-electron chi connectivity index (χ0n) is 12.9. The average Bonchev–Trinajstić information content (AvgIpc) is 2.53. The predicted molar refractivity (Wildman–Crippen MR) is 92.2 cm³/mol. The largest absolute Gasteiger partial charge is 0.308 e. The van der Waals surface area contributed by atoms with Gasteiger partial charge in [0.2, 0.25) is 0 Å². The molecule has 0 saturated heterocycles. The van der Waals surface area contributed by atoms with Crippen LogP contribution in [0.4, 0.5) is 0 Å². The van der Waals surface area contributed by atoms with Crippen molar-refractivity contribution >= 4 is 23.2 Å². The second-order valence-corrected chi connectivity index (χ2v) is 5.92. The minimum atomic E-state index is -0.0374. The number of rotatable bonds is 6. The second-order valence-electron chi connectivity index (χ2n) is 5.11. The molecule has 5 heteroatoms. The van der Waals surface area contributed by atoms with Gasteiger partial charge in [0.1, 0.15) is 5.69 Å². The second kappa shape index (κ2) is 7.80. The van der Waals surface area contributed by atoms with Gasteiger partial charge in [-0.15, -0.1) is 11.6 Å². The van der Waals surface area contributed by atoms with Crippen LogP contribution >= 0.6 is 23.2 Å². The Morgan fingerprint density at radius 2 is 1.77 bits per heavy atom. The van der Waals surface area contributed by atoms with Crippen molar-refractivity contribution in [1.29, 1.82) is 0 Å². The maximum atomic E-state index is 12.7. The van der Waals surface area contributed by atoms with Crippen LogP contribution in [0.5, 0.6) is 0 Å². The lowest BCUT2D eigenvalue weighted by Crippen LogP contribution is -2.30. The molecule has 0 N–H and O–H groups in total. The molecule has 118 valence electrons. The number of aryl methyl sites for hydroxylation is 1. The number of alkyl halides is 1. The van der Waals surface area contributed by atoms with Gasteiger partial charge in [-0.05, 0) is 30.5 Å². The van der Waals surface area contributed by atoms with Crippen LogP contribution in [0.2, 0.25) is 5.02 Å². The molecule has 0 spiro atoms. The van der Waals surface area contributed by atoms with Crippen LogP contribution in [0.3, 0.4) is 0 Å². The summed E-state index contributed by atoms with van der Waals surface area (Å²) in [6.07, 6.45) is 2.10. The Bertz CT molecular complexity index is 693. The molecule has 0 aliphatic rings. The molecule has 1 heterocycles. The zero-order valence-corrected chi connectivity index (χ0v) is 14.4. The van der Waals surface area contributed by atoms with Crippen molar-refractivity contribution in [3.05, 3.63) is 62.3 Å². The topological polar surface area (TPSA) is 34.9 Å². The fraction of sp³-hybridized carbons (Fsp3) is 0.412. The van der Waals surface area contributed by atoms with E-state index in [-0.39, 0.29) is 5.56 Å². The Morgan fingerprint density at radius 1 is 1.09 bits per heavy atom. The summed E-state index contributed by atoms with van der Waals surface area (Å²) in [7, 11) is 0. The molecule has 0 atom stereocenters. The molecule has 0 aliphatic carbocycles. The highest BCUT2D eigenvalue weighted by atomic mass is 35.5. The summed E-state index contributed by atoms with van der Waals surface area (Å²) in [4.78, 5) is 17.3. The number of aromatic nitrogens is 2. The molecule has 0 unspecified atom stereocenters. The smallest absolute Gasteiger partial charge is 0.272 e. The standard InChI is InChI=1S/C17H20Cl2N2O/c1-3-14-16(4-2)21(10-9-18)17(22)15(20-14)11-12-5-7-13(19)8-6-12/h5-8H,3-4,9-11H2,1-2H3. The molecule has 22 heavy (non-hydrogen) atoms. The Kier molecular flexibility index (Phi) is 6.04. The van der Waals surface area contributed by atoms with Gasteiger partial charge >= 0.3 is 0 Å². The molecule has 0 aliphatic heterocycles. The highest BCUT2D eigenvalue weighted by Gasteiger charge is 2.14. The van der Waals surface area contributed by atoms with Gasteiger partial charge in [0.15, 0.2) is 0 Å². The van der Waals surface area contributed by atoms with E-state index >= 15 is 0 Å². The molecule has 0 saturated carbocycles. The van der Waals surface area contributed by atoms with Gasteiger partial charge in [0.05, 0.1) is 5.69 Å². The molecule has 2 aromatic rings. The van der Waals surface area contributed by atoms with Gasteiger partial charge in [-0.2, -0.15) is 0 Å². The van der Waals surface area contributed by atoms with Crippen LogP contribution in [0, 0.1) is 0 Å². The number of halogens is 2. The summed E-state index contributed by atoms with van der Waals surface area (Å²) in [6, 6.07) is 7.51. The van der Waals surface area contributed by atoms with E-state index in [0.29, 0.717) is 29.6 Å². The monoisotopic (exact) mass is 338 g/mol.